The number of hydrogen-bond acceptors (Lipinski definition) is 10. The summed E-state index contributed by atoms with van der Waals surface area (Å²) in [5.41, 5.74) is 2.89. The zero-order valence-electron chi connectivity index (χ0n) is 26.4. The number of carboxylic acid groups (broad SMARTS) is 4. The molecule has 0 spiro atoms. The van der Waals surface area contributed by atoms with Gasteiger partial charge in [0.25, 0.3) is 0 Å². The highest BCUT2D eigenvalue weighted by Gasteiger charge is 2.27. The summed E-state index contributed by atoms with van der Waals surface area (Å²) < 4.78 is 18.5. The molecule has 1 aliphatic heterocycles. The van der Waals surface area contributed by atoms with Gasteiger partial charge >= 0.3 is 23.9 Å². The summed E-state index contributed by atoms with van der Waals surface area (Å²) in [5, 5.41) is 35.1. The number of ketones is 1. The largest absolute Gasteiger partial charge is 0.478 e. The van der Waals surface area contributed by atoms with Crippen LogP contribution in [0.3, 0.4) is 0 Å². The first kappa shape index (κ1) is 38.1. The van der Waals surface area contributed by atoms with E-state index in [0.717, 1.165) is 26.2 Å². The third kappa shape index (κ3) is 13.1. The minimum atomic E-state index is -1.26. The molecule has 1 aromatic heterocycles. The van der Waals surface area contributed by atoms with Crippen LogP contribution in [0.2, 0.25) is 0 Å². The van der Waals surface area contributed by atoms with Crippen LogP contribution in [-0.2, 0) is 25.7 Å². The van der Waals surface area contributed by atoms with Gasteiger partial charge in [-0.1, -0.05) is 65.8 Å². The number of carboxylic acids is 4. The number of rotatable bonds is 11. The maximum atomic E-state index is 13.1. The molecule has 14 nitrogen and oxygen atoms in total. The van der Waals surface area contributed by atoms with E-state index in [1.165, 1.54) is 35.4 Å². The number of nitrogens with zero attached hydrogens (tertiary/aromatic N) is 4. The standard InChI is InChI=1S/C27H25FN4O2.2C4H4O4/c28-23-13-11-22(12-14-23)26(33)27-29-24(34-30-27)19-31-15-17-32(18-16-31)25(20-7-3-1-4-8-20)21-9-5-2-6-10-21;2*5-3(6)1-2-4(7)8/h1-14,25H,15-19H2;2*1-2H,(H,5,6)(H,7,8)/b;2*2-1-. The van der Waals surface area contributed by atoms with Gasteiger partial charge in [0, 0.05) is 56.0 Å². The van der Waals surface area contributed by atoms with E-state index in [0.29, 0.717) is 42.3 Å². The SMILES string of the molecule is O=C(O)/C=C\C(=O)O.O=C(O)/C=C\C(=O)O.O=C(c1ccc(F)cc1)c1noc(CN2CCN(C(c3ccccc3)c3ccccc3)CC2)n1. The average Bonchev–Trinajstić information content (AvgIpc) is 3.57. The smallest absolute Gasteiger partial charge is 0.328 e. The van der Waals surface area contributed by atoms with Gasteiger partial charge in [-0.25, -0.2) is 23.6 Å². The minimum absolute atomic E-state index is 0.00605. The zero-order valence-corrected chi connectivity index (χ0v) is 26.4. The molecule has 0 saturated carbocycles. The molecule has 5 rings (SSSR count). The lowest BCUT2D eigenvalue weighted by Gasteiger charge is -2.39. The molecule has 1 aliphatic rings. The van der Waals surface area contributed by atoms with Gasteiger partial charge in [0.1, 0.15) is 5.82 Å². The number of hydrogen-bond donors (Lipinski definition) is 4. The van der Waals surface area contributed by atoms with Crippen molar-refractivity contribution in [2.24, 2.45) is 0 Å². The fourth-order valence-corrected chi connectivity index (χ4v) is 4.68. The van der Waals surface area contributed by atoms with Crippen LogP contribution >= 0.6 is 0 Å². The number of carbonyl (C=O) groups is 5. The maximum Gasteiger partial charge on any atom is 0.328 e. The summed E-state index contributed by atoms with van der Waals surface area (Å²) in [4.78, 5) is 59.8. The monoisotopic (exact) mass is 688 g/mol. The number of carbonyl (C=O) groups excluding carboxylic acids is 1. The Hall–Kier alpha value is -6.32. The number of aliphatic carboxylic acids is 4. The number of halogens is 1. The minimum Gasteiger partial charge on any atom is -0.478 e. The van der Waals surface area contributed by atoms with Gasteiger partial charge in [-0.05, 0) is 35.4 Å². The lowest BCUT2D eigenvalue weighted by molar-refractivity contribution is -0.134. The molecule has 1 saturated heterocycles. The van der Waals surface area contributed by atoms with Crippen molar-refractivity contribution in [3.63, 3.8) is 0 Å². The summed E-state index contributed by atoms with van der Waals surface area (Å²) in [5.74, 6) is -5.41. The summed E-state index contributed by atoms with van der Waals surface area (Å²) in [7, 11) is 0. The Kier molecular flexibility index (Phi) is 14.9. The molecule has 15 heteroatoms. The van der Waals surface area contributed by atoms with E-state index in [4.69, 9.17) is 24.9 Å². The molecule has 260 valence electrons. The van der Waals surface area contributed by atoms with Gasteiger partial charge in [-0.2, -0.15) is 4.98 Å². The van der Waals surface area contributed by atoms with E-state index in [2.05, 4.69) is 68.5 Å². The fraction of sp³-hybridized carbons (Fsp3) is 0.171. The topological polar surface area (TPSA) is 212 Å². The number of aromatic nitrogens is 2. The van der Waals surface area contributed by atoms with Crippen LogP contribution in [-0.4, -0.2) is 96.2 Å². The molecule has 2 heterocycles. The average molecular weight is 689 g/mol. The molecule has 1 fully saturated rings. The van der Waals surface area contributed by atoms with Crippen molar-refractivity contribution in [3.05, 3.63) is 143 Å². The zero-order chi connectivity index (χ0) is 36.5. The van der Waals surface area contributed by atoms with Crippen molar-refractivity contribution < 1.29 is 53.3 Å². The highest BCUT2D eigenvalue weighted by molar-refractivity contribution is 6.06. The molecule has 0 atom stereocenters. The Labute approximate surface area is 285 Å². The molecular formula is C35H33FN4O10. The third-order valence-corrected chi connectivity index (χ3v) is 6.88. The summed E-state index contributed by atoms with van der Waals surface area (Å²) in [6.45, 7) is 3.96. The van der Waals surface area contributed by atoms with Crippen LogP contribution in [0.15, 0.2) is 114 Å². The van der Waals surface area contributed by atoms with E-state index in [1.807, 2.05) is 12.1 Å². The van der Waals surface area contributed by atoms with Gasteiger partial charge in [-0.3, -0.25) is 14.6 Å². The first-order valence-corrected chi connectivity index (χ1v) is 14.9. The molecule has 0 aliphatic carbocycles. The molecular weight excluding hydrogens is 655 g/mol. The van der Waals surface area contributed by atoms with Crippen LogP contribution in [0.4, 0.5) is 4.39 Å². The Morgan fingerprint density at radius 1 is 0.680 bits per heavy atom. The van der Waals surface area contributed by atoms with E-state index in [-0.39, 0.29) is 17.6 Å². The third-order valence-electron chi connectivity index (χ3n) is 6.88. The van der Waals surface area contributed by atoms with Gasteiger partial charge in [-0.15, -0.1) is 0 Å². The number of piperazine rings is 1. The van der Waals surface area contributed by atoms with Crippen LogP contribution < -0.4 is 0 Å². The van der Waals surface area contributed by atoms with Gasteiger partial charge in [0.15, 0.2) is 0 Å². The molecule has 0 bridgehead atoms. The van der Waals surface area contributed by atoms with E-state index < -0.39 is 29.7 Å². The molecule has 4 N–H and O–H groups in total. The quantitative estimate of drug-likeness (QED) is 0.131. The van der Waals surface area contributed by atoms with Gasteiger partial charge < -0.3 is 24.9 Å². The molecule has 0 unspecified atom stereocenters. The van der Waals surface area contributed by atoms with Crippen molar-refractivity contribution >= 4 is 29.7 Å². The molecule has 50 heavy (non-hydrogen) atoms. The van der Waals surface area contributed by atoms with Crippen LogP contribution in [0.5, 0.6) is 0 Å². The predicted molar refractivity (Wildman–Crippen MR) is 175 cm³/mol. The lowest BCUT2D eigenvalue weighted by atomic mass is 9.96. The summed E-state index contributed by atoms with van der Waals surface area (Å²) in [6, 6.07) is 26.7. The normalized spacial score (nSPS) is 13.2. The Balaban J connectivity index is 0.000000352. The summed E-state index contributed by atoms with van der Waals surface area (Å²) >= 11 is 0. The summed E-state index contributed by atoms with van der Waals surface area (Å²) in [6.07, 6.45) is 2.23. The van der Waals surface area contributed by atoms with Crippen molar-refractivity contribution in [1.29, 1.82) is 0 Å². The second-order valence-electron chi connectivity index (χ2n) is 10.4. The van der Waals surface area contributed by atoms with Crippen molar-refractivity contribution in [2.75, 3.05) is 26.2 Å². The second kappa shape index (κ2) is 19.5. The van der Waals surface area contributed by atoms with Crippen LogP contribution in [0, 0.1) is 5.82 Å². The van der Waals surface area contributed by atoms with Crippen LogP contribution in [0.1, 0.15) is 39.2 Å². The molecule has 4 aromatic rings. The predicted octanol–water partition coefficient (Wildman–Crippen LogP) is 3.77. The first-order chi connectivity index (χ1) is 23.9. The Bertz CT molecular complexity index is 1680. The van der Waals surface area contributed by atoms with E-state index in [9.17, 15) is 28.4 Å². The number of benzene rings is 3. The molecule has 0 radical (unpaired) electrons. The van der Waals surface area contributed by atoms with E-state index >= 15 is 0 Å². The highest BCUT2D eigenvalue weighted by atomic mass is 19.1. The van der Waals surface area contributed by atoms with Crippen molar-refractivity contribution in [2.45, 2.75) is 12.6 Å². The van der Waals surface area contributed by atoms with Crippen LogP contribution in [0.25, 0.3) is 0 Å². The van der Waals surface area contributed by atoms with Gasteiger partial charge in [0.05, 0.1) is 12.6 Å². The first-order valence-electron chi connectivity index (χ1n) is 14.9. The second-order valence-corrected chi connectivity index (χ2v) is 10.4. The van der Waals surface area contributed by atoms with Gasteiger partial charge in [0.2, 0.25) is 17.5 Å². The molecule has 3 aromatic carbocycles. The fourth-order valence-electron chi connectivity index (χ4n) is 4.68. The highest BCUT2D eigenvalue weighted by Crippen LogP contribution is 2.29. The lowest BCUT2D eigenvalue weighted by Crippen LogP contribution is -2.47. The van der Waals surface area contributed by atoms with Crippen molar-refractivity contribution in [1.82, 2.24) is 19.9 Å². The van der Waals surface area contributed by atoms with Crippen molar-refractivity contribution in [3.8, 4) is 0 Å². The maximum absolute atomic E-state index is 13.1. The Morgan fingerprint density at radius 3 is 1.54 bits per heavy atom. The Morgan fingerprint density at radius 2 is 1.12 bits per heavy atom. The molecule has 0 amide bonds. The van der Waals surface area contributed by atoms with E-state index in [1.54, 1.807) is 0 Å².